The summed E-state index contributed by atoms with van der Waals surface area (Å²) in [5.41, 5.74) is 3.77. The number of para-hydroxylation sites is 1. The maximum atomic E-state index is 4.67. The van der Waals surface area contributed by atoms with Crippen LogP contribution in [0, 0.1) is 0 Å². The fraction of sp³-hybridized carbons (Fsp3) is 0. The zero-order valence-electron chi connectivity index (χ0n) is 17.4. The first-order chi connectivity index (χ1) is 16.4. The van der Waals surface area contributed by atoms with E-state index in [4.69, 9.17) is 0 Å². The highest BCUT2D eigenvalue weighted by atomic mass is 32.1. The average molecular weight is 457 g/mol. The second kappa shape index (κ2) is 6.41. The molecule has 0 bridgehead atoms. The van der Waals surface area contributed by atoms with E-state index in [0.29, 0.717) is 0 Å². The Labute approximate surface area is 196 Å². The Kier molecular flexibility index (Phi) is 3.45. The highest BCUT2D eigenvalue weighted by molar-refractivity contribution is 7.26. The third-order valence-electron chi connectivity index (χ3n) is 6.67. The van der Waals surface area contributed by atoms with Crippen molar-refractivity contribution in [1.29, 1.82) is 0 Å². The summed E-state index contributed by atoms with van der Waals surface area (Å²) >= 11 is 3.68. The molecular weight excluding hydrogens is 440 g/mol. The van der Waals surface area contributed by atoms with Gasteiger partial charge in [-0.15, -0.1) is 22.7 Å². The number of aromatic nitrogens is 2. The molecule has 4 heterocycles. The maximum absolute atomic E-state index is 4.67. The molecule has 8 rings (SSSR count). The van der Waals surface area contributed by atoms with E-state index in [0.717, 1.165) is 4.83 Å². The third-order valence-corrected chi connectivity index (χ3v) is 9.02. The Hall–Kier alpha value is -3.73. The SMILES string of the molecule is c1ccc2c(c1)sc1c(-n3c4ccccc4c4ccc5c6cccnc6sc5c43)cccc12. The third kappa shape index (κ3) is 2.29. The van der Waals surface area contributed by atoms with Crippen molar-refractivity contribution in [3.05, 3.63) is 97.2 Å². The standard InChI is InChI=1S/C29H16N2S2/c1-3-11-23-17(7-1)19-14-15-21-22-10-6-16-30-29(22)33-28(21)26(19)31(23)24-12-5-9-20-18-8-2-4-13-25(18)32-27(20)24/h1-16H. The van der Waals surface area contributed by atoms with Crippen LogP contribution in [0.4, 0.5) is 0 Å². The average Bonchev–Trinajstić information content (AvgIpc) is 3.53. The lowest BCUT2D eigenvalue weighted by Crippen LogP contribution is -1.94. The van der Waals surface area contributed by atoms with Gasteiger partial charge in [0, 0.05) is 43.2 Å². The summed E-state index contributed by atoms with van der Waals surface area (Å²) < 4.78 is 6.45. The minimum absolute atomic E-state index is 1.09. The second-order valence-electron chi connectivity index (χ2n) is 8.40. The summed E-state index contributed by atoms with van der Waals surface area (Å²) in [6.07, 6.45) is 1.89. The molecule has 154 valence electrons. The van der Waals surface area contributed by atoms with Crippen molar-refractivity contribution < 1.29 is 0 Å². The topological polar surface area (TPSA) is 17.8 Å². The van der Waals surface area contributed by atoms with E-state index in [-0.39, 0.29) is 0 Å². The lowest BCUT2D eigenvalue weighted by atomic mass is 10.1. The van der Waals surface area contributed by atoms with Gasteiger partial charge in [-0.2, -0.15) is 0 Å². The Morgan fingerprint density at radius 1 is 0.545 bits per heavy atom. The second-order valence-corrected chi connectivity index (χ2v) is 10.5. The first-order valence-corrected chi connectivity index (χ1v) is 12.6. The molecule has 4 aromatic heterocycles. The van der Waals surface area contributed by atoms with E-state index >= 15 is 0 Å². The minimum atomic E-state index is 1.09. The first-order valence-electron chi connectivity index (χ1n) is 11.0. The number of pyridine rings is 1. The van der Waals surface area contributed by atoms with Gasteiger partial charge in [0.2, 0.25) is 0 Å². The van der Waals surface area contributed by atoms with Crippen LogP contribution in [-0.4, -0.2) is 9.55 Å². The molecule has 0 spiro atoms. The molecule has 4 aromatic carbocycles. The molecule has 0 radical (unpaired) electrons. The first kappa shape index (κ1) is 17.8. The van der Waals surface area contributed by atoms with Gasteiger partial charge in [-0.3, -0.25) is 0 Å². The van der Waals surface area contributed by atoms with Gasteiger partial charge in [0.15, 0.2) is 0 Å². The van der Waals surface area contributed by atoms with E-state index in [2.05, 4.69) is 94.5 Å². The number of fused-ring (bicyclic) bond motifs is 10. The maximum Gasteiger partial charge on any atom is 0.124 e. The predicted molar refractivity (Wildman–Crippen MR) is 144 cm³/mol. The Balaban J connectivity index is 1.63. The molecule has 0 atom stereocenters. The van der Waals surface area contributed by atoms with Gasteiger partial charge in [-0.05, 0) is 30.3 Å². The normalized spacial score (nSPS) is 12.2. The quantitative estimate of drug-likeness (QED) is 0.241. The van der Waals surface area contributed by atoms with Crippen molar-refractivity contribution in [1.82, 2.24) is 9.55 Å². The van der Waals surface area contributed by atoms with Crippen LogP contribution in [0.25, 0.3) is 68.0 Å². The van der Waals surface area contributed by atoms with Gasteiger partial charge in [0.05, 0.1) is 26.1 Å². The number of benzene rings is 4. The van der Waals surface area contributed by atoms with Crippen molar-refractivity contribution in [3.8, 4) is 5.69 Å². The van der Waals surface area contributed by atoms with Crippen molar-refractivity contribution in [2.75, 3.05) is 0 Å². The van der Waals surface area contributed by atoms with Crippen molar-refractivity contribution >= 4 is 85.0 Å². The Morgan fingerprint density at radius 3 is 2.27 bits per heavy atom. The van der Waals surface area contributed by atoms with E-state index < -0.39 is 0 Å². The van der Waals surface area contributed by atoms with Gasteiger partial charge >= 0.3 is 0 Å². The highest BCUT2D eigenvalue weighted by Crippen LogP contribution is 2.44. The number of nitrogens with zero attached hydrogens (tertiary/aromatic N) is 2. The summed E-state index contributed by atoms with van der Waals surface area (Å²) in [5, 5.41) is 7.75. The van der Waals surface area contributed by atoms with E-state index in [1.165, 1.54) is 63.1 Å². The number of hydrogen-bond donors (Lipinski definition) is 0. The molecule has 2 nitrogen and oxygen atoms in total. The van der Waals surface area contributed by atoms with Crippen LogP contribution < -0.4 is 0 Å². The fourth-order valence-corrected chi connectivity index (χ4v) is 7.66. The van der Waals surface area contributed by atoms with Crippen LogP contribution in [0.1, 0.15) is 0 Å². The van der Waals surface area contributed by atoms with Crippen molar-refractivity contribution in [2.45, 2.75) is 0 Å². The summed E-state index contributed by atoms with van der Waals surface area (Å²) in [4.78, 5) is 5.77. The monoisotopic (exact) mass is 456 g/mol. The molecule has 8 aromatic rings. The summed E-state index contributed by atoms with van der Waals surface area (Å²) in [7, 11) is 0. The molecule has 0 N–H and O–H groups in total. The lowest BCUT2D eigenvalue weighted by Gasteiger charge is -2.10. The molecule has 0 saturated carbocycles. The lowest BCUT2D eigenvalue weighted by molar-refractivity contribution is 1.21. The highest BCUT2D eigenvalue weighted by Gasteiger charge is 2.19. The van der Waals surface area contributed by atoms with Gasteiger partial charge in [-0.25, -0.2) is 4.98 Å². The van der Waals surface area contributed by atoms with Crippen LogP contribution >= 0.6 is 22.7 Å². The molecule has 4 heteroatoms. The Morgan fingerprint density at radius 2 is 1.30 bits per heavy atom. The fourth-order valence-electron chi connectivity index (χ4n) is 5.28. The summed E-state index contributed by atoms with van der Waals surface area (Å²) in [6.45, 7) is 0. The zero-order chi connectivity index (χ0) is 21.5. The van der Waals surface area contributed by atoms with Crippen LogP contribution in [-0.2, 0) is 0 Å². The summed E-state index contributed by atoms with van der Waals surface area (Å²) in [6, 6.07) is 33.0. The molecule has 0 aliphatic heterocycles. The number of rotatable bonds is 1. The molecule has 0 aliphatic rings. The smallest absolute Gasteiger partial charge is 0.124 e. The molecule has 0 saturated heterocycles. The zero-order valence-corrected chi connectivity index (χ0v) is 19.1. The van der Waals surface area contributed by atoms with E-state index in [9.17, 15) is 0 Å². The van der Waals surface area contributed by atoms with E-state index in [1.807, 2.05) is 23.6 Å². The number of thiophene rings is 2. The predicted octanol–water partition coefficient (Wildman–Crippen LogP) is 8.91. The molecule has 0 unspecified atom stereocenters. The van der Waals surface area contributed by atoms with Crippen LogP contribution in [0.5, 0.6) is 0 Å². The molecule has 0 amide bonds. The molecule has 0 aliphatic carbocycles. The van der Waals surface area contributed by atoms with Crippen molar-refractivity contribution in [3.63, 3.8) is 0 Å². The molecule has 33 heavy (non-hydrogen) atoms. The molecular formula is C29H16N2S2. The Bertz CT molecular complexity index is 2040. The van der Waals surface area contributed by atoms with Gasteiger partial charge < -0.3 is 4.57 Å². The van der Waals surface area contributed by atoms with Crippen LogP contribution in [0.3, 0.4) is 0 Å². The molecule has 0 fully saturated rings. The summed E-state index contributed by atoms with van der Waals surface area (Å²) in [5.74, 6) is 0. The van der Waals surface area contributed by atoms with Gasteiger partial charge in [-0.1, -0.05) is 60.7 Å². The van der Waals surface area contributed by atoms with Crippen LogP contribution in [0.2, 0.25) is 0 Å². The minimum Gasteiger partial charge on any atom is -0.306 e. The van der Waals surface area contributed by atoms with Gasteiger partial charge in [0.25, 0.3) is 0 Å². The van der Waals surface area contributed by atoms with E-state index in [1.54, 1.807) is 11.3 Å². The largest absolute Gasteiger partial charge is 0.306 e. The number of hydrogen-bond acceptors (Lipinski definition) is 3. The van der Waals surface area contributed by atoms with Gasteiger partial charge in [0.1, 0.15) is 4.83 Å². The van der Waals surface area contributed by atoms with Crippen LogP contribution in [0.15, 0.2) is 97.2 Å². The van der Waals surface area contributed by atoms with Crippen molar-refractivity contribution in [2.24, 2.45) is 0 Å².